The number of carbonyl (C=O) groups excluding carboxylic acids is 1. The fourth-order valence-electron chi connectivity index (χ4n) is 3.11. The number of hydrogen-bond acceptors (Lipinski definition) is 5. The molecule has 32 heavy (non-hydrogen) atoms. The Labute approximate surface area is 183 Å². The monoisotopic (exact) mass is 468 g/mol. The lowest BCUT2D eigenvalue weighted by Gasteiger charge is -2.11. The first-order valence-electron chi connectivity index (χ1n) is 9.50. The van der Waals surface area contributed by atoms with Gasteiger partial charge in [-0.25, -0.2) is 22.1 Å². The van der Waals surface area contributed by atoms with E-state index in [1.165, 1.54) is 24.4 Å². The number of aliphatic hydroxyl groups is 1. The summed E-state index contributed by atoms with van der Waals surface area (Å²) in [5, 5.41) is 9.30. The SMILES string of the molecule is O=C(c1ccc2ncc(OCCO)cc2c1)c1c(F)c(F)cc(CCCNS(=O)O)c1F. The van der Waals surface area contributed by atoms with Crippen LogP contribution in [0.4, 0.5) is 13.2 Å². The lowest BCUT2D eigenvalue weighted by Crippen LogP contribution is -2.18. The highest BCUT2D eigenvalue weighted by molar-refractivity contribution is 7.77. The first kappa shape index (κ1) is 23.8. The molecule has 0 aliphatic heterocycles. The number of hydrogen-bond donors (Lipinski definition) is 3. The summed E-state index contributed by atoms with van der Waals surface area (Å²) in [6, 6.07) is 6.40. The summed E-state index contributed by atoms with van der Waals surface area (Å²) in [6.07, 6.45) is 1.50. The lowest BCUT2D eigenvalue weighted by molar-refractivity contribution is 0.102. The van der Waals surface area contributed by atoms with E-state index in [0.717, 1.165) is 0 Å². The molecule has 3 rings (SSSR count). The van der Waals surface area contributed by atoms with Gasteiger partial charge in [-0.1, -0.05) is 0 Å². The van der Waals surface area contributed by atoms with E-state index in [-0.39, 0.29) is 43.7 Å². The number of ketones is 1. The second-order valence-corrected chi connectivity index (χ2v) is 7.53. The lowest BCUT2D eigenvalue weighted by atomic mass is 9.96. The van der Waals surface area contributed by atoms with Crippen molar-refractivity contribution in [2.75, 3.05) is 19.8 Å². The Bertz CT molecular complexity index is 1180. The maximum absolute atomic E-state index is 14.9. The number of aliphatic hydroxyl groups excluding tert-OH is 1. The molecule has 1 unspecified atom stereocenters. The zero-order valence-electron chi connectivity index (χ0n) is 16.6. The minimum atomic E-state index is -2.25. The minimum Gasteiger partial charge on any atom is -0.490 e. The number of carbonyl (C=O) groups is 1. The van der Waals surface area contributed by atoms with Crippen LogP contribution in [0.3, 0.4) is 0 Å². The largest absolute Gasteiger partial charge is 0.490 e. The molecule has 0 radical (unpaired) electrons. The average Bonchev–Trinajstić information content (AvgIpc) is 2.77. The molecule has 3 N–H and O–H groups in total. The normalized spacial score (nSPS) is 12.2. The number of nitrogens with zero attached hydrogens (tertiary/aromatic N) is 1. The zero-order chi connectivity index (χ0) is 23.3. The smallest absolute Gasteiger partial charge is 0.231 e. The van der Waals surface area contributed by atoms with E-state index < -0.39 is 40.1 Å². The maximum Gasteiger partial charge on any atom is 0.231 e. The zero-order valence-corrected chi connectivity index (χ0v) is 17.4. The van der Waals surface area contributed by atoms with Crippen molar-refractivity contribution in [1.29, 1.82) is 0 Å². The molecule has 170 valence electrons. The number of fused-ring (bicyclic) bond motifs is 1. The van der Waals surface area contributed by atoms with Gasteiger partial charge in [0.1, 0.15) is 18.2 Å². The van der Waals surface area contributed by atoms with Crippen LogP contribution >= 0.6 is 0 Å². The van der Waals surface area contributed by atoms with Crippen molar-refractivity contribution in [1.82, 2.24) is 9.71 Å². The molecule has 7 nitrogen and oxygen atoms in total. The van der Waals surface area contributed by atoms with Gasteiger partial charge in [-0.15, -0.1) is 0 Å². The van der Waals surface area contributed by atoms with Gasteiger partial charge in [0.15, 0.2) is 17.4 Å². The maximum atomic E-state index is 14.9. The predicted molar refractivity (Wildman–Crippen MR) is 111 cm³/mol. The number of aryl methyl sites for hydroxylation is 1. The molecule has 3 aromatic rings. The van der Waals surface area contributed by atoms with Crippen LogP contribution < -0.4 is 9.46 Å². The molecule has 0 bridgehead atoms. The predicted octanol–water partition coefficient (Wildman–Crippen LogP) is 2.91. The Hall–Kier alpha value is -2.86. The van der Waals surface area contributed by atoms with E-state index in [2.05, 4.69) is 9.71 Å². The summed E-state index contributed by atoms with van der Waals surface area (Å²) in [6.45, 7) is -0.133. The molecule has 0 fully saturated rings. The Morgan fingerprint density at radius 2 is 1.94 bits per heavy atom. The van der Waals surface area contributed by atoms with Crippen molar-refractivity contribution in [3.8, 4) is 5.75 Å². The standard InChI is InChI=1S/C21H19F3N2O5S/c22-16-10-12(2-1-5-26-32(29)30)19(23)18(20(16)24)21(28)13-3-4-17-14(8-13)9-15(11-25-17)31-7-6-27/h3-4,8-11,26-27H,1-2,5-7H2,(H,29,30). The number of pyridine rings is 1. The van der Waals surface area contributed by atoms with Crippen LogP contribution in [-0.4, -0.2) is 44.4 Å². The number of aromatic nitrogens is 1. The van der Waals surface area contributed by atoms with Gasteiger partial charge in [-0.05, 0) is 48.7 Å². The Balaban J connectivity index is 1.93. The fourth-order valence-corrected chi connectivity index (χ4v) is 3.43. The Morgan fingerprint density at radius 1 is 1.16 bits per heavy atom. The minimum absolute atomic E-state index is 0.0309. The molecule has 2 aromatic carbocycles. The number of benzene rings is 2. The van der Waals surface area contributed by atoms with Crippen LogP contribution in [0.25, 0.3) is 10.9 Å². The third kappa shape index (κ3) is 5.49. The van der Waals surface area contributed by atoms with Crippen LogP contribution in [0.1, 0.15) is 27.9 Å². The molecule has 1 aromatic heterocycles. The van der Waals surface area contributed by atoms with Crippen molar-refractivity contribution >= 4 is 28.0 Å². The molecule has 0 aliphatic rings. The van der Waals surface area contributed by atoms with E-state index >= 15 is 0 Å². The number of rotatable bonds is 10. The van der Waals surface area contributed by atoms with E-state index in [4.69, 9.17) is 14.4 Å². The summed E-state index contributed by atoms with van der Waals surface area (Å²) < 4.78 is 70.2. The summed E-state index contributed by atoms with van der Waals surface area (Å²) in [5.41, 5.74) is -0.823. The quantitative estimate of drug-likeness (QED) is 0.183. The van der Waals surface area contributed by atoms with Gasteiger partial charge in [-0.2, -0.15) is 0 Å². The third-order valence-corrected chi connectivity index (χ3v) is 5.04. The average molecular weight is 468 g/mol. The number of nitrogens with one attached hydrogen (secondary N) is 1. The van der Waals surface area contributed by atoms with E-state index in [9.17, 15) is 22.2 Å². The van der Waals surface area contributed by atoms with Crippen molar-refractivity contribution < 1.29 is 36.6 Å². The van der Waals surface area contributed by atoms with Gasteiger partial charge in [0.25, 0.3) is 0 Å². The van der Waals surface area contributed by atoms with E-state index in [1.54, 1.807) is 6.07 Å². The molecule has 0 saturated heterocycles. The molecule has 11 heteroatoms. The van der Waals surface area contributed by atoms with Gasteiger partial charge in [-0.3, -0.25) is 14.3 Å². The highest BCUT2D eigenvalue weighted by Crippen LogP contribution is 2.26. The van der Waals surface area contributed by atoms with Crippen LogP contribution in [0, 0.1) is 17.5 Å². The molecule has 0 aliphatic carbocycles. The first-order chi connectivity index (χ1) is 15.3. The molecule has 0 spiro atoms. The van der Waals surface area contributed by atoms with Crippen LogP contribution in [-0.2, 0) is 17.7 Å². The highest BCUT2D eigenvalue weighted by Gasteiger charge is 2.25. The van der Waals surface area contributed by atoms with Crippen molar-refractivity contribution in [3.63, 3.8) is 0 Å². The summed E-state index contributed by atoms with van der Waals surface area (Å²) in [4.78, 5) is 17.0. The van der Waals surface area contributed by atoms with E-state index in [0.29, 0.717) is 22.7 Å². The molecule has 0 amide bonds. The summed E-state index contributed by atoms with van der Waals surface area (Å²) in [5.74, 6) is -4.86. The molecular weight excluding hydrogens is 449 g/mol. The van der Waals surface area contributed by atoms with Crippen LogP contribution in [0.15, 0.2) is 36.5 Å². The second kappa shape index (κ2) is 10.6. The first-order valence-corrected chi connectivity index (χ1v) is 10.6. The molecule has 1 atom stereocenters. The van der Waals surface area contributed by atoms with Gasteiger partial charge in [0, 0.05) is 17.5 Å². The van der Waals surface area contributed by atoms with Crippen molar-refractivity contribution in [2.24, 2.45) is 0 Å². The number of halogens is 3. The van der Waals surface area contributed by atoms with Crippen LogP contribution in [0.2, 0.25) is 0 Å². The Morgan fingerprint density at radius 3 is 2.66 bits per heavy atom. The number of ether oxygens (including phenoxy) is 1. The molecule has 1 heterocycles. The third-order valence-electron chi connectivity index (χ3n) is 4.59. The fraction of sp³-hybridized carbons (Fsp3) is 0.238. The summed E-state index contributed by atoms with van der Waals surface area (Å²) in [7, 11) is 0. The molecule has 0 saturated carbocycles. The van der Waals surface area contributed by atoms with Crippen molar-refractivity contribution in [2.45, 2.75) is 12.8 Å². The highest BCUT2D eigenvalue weighted by atomic mass is 32.2. The molecular formula is C21H19F3N2O5S. The van der Waals surface area contributed by atoms with Gasteiger partial charge in [0.05, 0.1) is 23.9 Å². The van der Waals surface area contributed by atoms with Crippen molar-refractivity contribution in [3.05, 3.63) is 70.7 Å². The van der Waals surface area contributed by atoms with Gasteiger partial charge in [0.2, 0.25) is 11.3 Å². The van der Waals surface area contributed by atoms with Crippen LogP contribution in [0.5, 0.6) is 5.75 Å². The Kier molecular flexibility index (Phi) is 7.91. The van der Waals surface area contributed by atoms with Gasteiger partial charge < -0.3 is 9.84 Å². The second-order valence-electron chi connectivity index (χ2n) is 6.75. The summed E-state index contributed by atoms with van der Waals surface area (Å²) >= 11 is -2.25. The van der Waals surface area contributed by atoms with Gasteiger partial charge >= 0.3 is 0 Å². The topological polar surface area (TPSA) is 109 Å². The van der Waals surface area contributed by atoms with E-state index in [1.807, 2.05) is 0 Å².